The van der Waals surface area contributed by atoms with Gasteiger partial charge in [-0.25, -0.2) is 19.4 Å². The molecule has 3 N–H and O–H groups in total. The molecule has 4 aromatic rings. The third-order valence-corrected chi connectivity index (χ3v) is 6.40. The molecule has 272 valence electrons. The zero-order valence-corrected chi connectivity index (χ0v) is 25.5. The maximum absolute atomic E-state index is 10.6. The van der Waals surface area contributed by atoms with Gasteiger partial charge in [0.05, 0.1) is 23.1 Å². The van der Waals surface area contributed by atoms with E-state index in [1.807, 2.05) is 36.8 Å². The topological polar surface area (TPSA) is 161 Å². The summed E-state index contributed by atoms with van der Waals surface area (Å²) in [6, 6.07) is 16.7. The molecule has 5 heterocycles. The van der Waals surface area contributed by atoms with Crippen LogP contribution < -0.4 is 0 Å². The molecule has 0 amide bonds. The third kappa shape index (κ3) is 13.0. The number of imidazole rings is 1. The maximum Gasteiger partial charge on any atom is 0.490 e. The van der Waals surface area contributed by atoms with Gasteiger partial charge in [0.2, 0.25) is 0 Å². The molecular formula is C29H27F9N6O6. The first-order valence-corrected chi connectivity index (χ1v) is 13.7. The van der Waals surface area contributed by atoms with Crippen molar-refractivity contribution in [3.8, 4) is 11.3 Å². The Hall–Kier alpha value is -5.31. The highest BCUT2D eigenvalue weighted by Gasteiger charge is 2.39. The van der Waals surface area contributed by atoms with E-state index in [2.05, 4.69) is 67.7 Å². The fourth-order valence-electron chi connectivity index (χ4n) is 4.06. The molecule has 1 unspecified atom stereocenters. The van der Waals surface area contributed by atoms with Crippen LogP contribution in [0.2, 0.25) is 0 Å². The highest BCUT2D eigenvalue weighted by atomic mass is 19.4. The van der Waals surface area contributed by atoms with Crippen molar-refractivity contribution >= 4 is 23.6 Å². The summed E-state index contributed by atoms with van der Waals surface area (Å²) in [4.78, 5) is 45.2. The first-order valence-electron chi connectivity index (χ1n) is 13.7. The van der Waals surface area contributed by atoms with Crippen molar-refractivity contribution in [1.29, 1.82) is 0 Å². The number of alkyl halides is 9. The monoisotopic (exact) mass is 726 g/mol. The molecule has 1 aliphatic rings. The fourth-order valence-corrected chi connectivity index (χ4v) is 4.06. The number of pyridine rings is 3. The van der Waals surface area contributed by atoms with E-state index >= 15 is 0 Å². The molecule has 50 heavy (non-hydrogen) atoms. The number of nitrogens with zero attached hydrogens (tertiary/aromatic N) is 6. The molecular weight excluding hydrogens is 699 g/mol. The summed E-state index contributed by atoms with van der Waals surface area (Å²) in [7, 11) is 2.19. The predicted octanol–water partition coefficient (Wildman–Crippen LogP) is 5.18. The Morgan fingerprint density at radius 3 is 1.78 bits per heavy atom. The van der Waals surface area contributed by atoms with Crippen LogP contribution in [0.1, 0.15) is 17.4 Å². The van der Waals surface area contributed by atoms with Crippen LogP contribution in [0, 0.1) is 0 Å². The van der Waals surface area contributed by atoms with E-state index in [4.69, 9.17) is 34.7 Å². The molecule has 1 saturated heterocycles. The quantitative estimate of drug-likeness (QED) is 0.238. The number of carboxylic acid groups (broad SMARTS) is 3. The van der Waals surface area contributed by atoms with Gasteiger partial charge in [-0.15, -0.1) is 0 Å². The Morgan fingerprint density at radius 1 is 0.760 bits per heavy atom. The van der Waals surface area contributed by atoms with Crippen LogP contribution in [0.5, 0.6) is 0 Å². The van der Waals surface area contributed by atoms with Gasteiger partial charge in [-0.3, -0.25) is 24.2 Å². The smallest absolute Gasteiger partial charge is 0.475 e. The molecule has 0 aliphatic carbocycles. The first kappa shape index (κ1) is 40.9. The van der Waals surface area contributed by atoms with Crippen LogP contribution in [0.15, 0.2) is 73.3 Å². The largest absolute Gasteiger partial charge is 0.490 e. The van der Waals surface area contributed by atoms with E-state index in [1.54, 1.807) is 0 Å². The van der Waals surface area contributed by atoms with Gasteiger partial charge in [0.15, 0.2) is 0 Å². The van der Waals surface area contributed by atoms with Crippen molar-refractivity contribution in [2.24, 2.45) is 0 Å². The zero-order valence-electron chi connectivity index (χ0n) is 25.5. The molecule has 0 bridgehead atoms. The second-order valence-electron chi connectivity index (χ2n) is 10.0. The fraction of sp³-hybridized carbons (Fsp3) is 0.310. The molecule has 4 aromatic heterocycles. The molecule has 1 atom stereocenters. The number of carbonyl (C=O) groups is 3. The van der Waals surface area contributed by atoms with Gasteiger partial charge < -0.3 is 15.3 Å². The lowest BCUT2D eigenvalue weighted by Gasteiger charge is -2.38. The highest BCUT2D eigenvalue weighted by molar-refractivity contribution is 5.73. The van der Waals surface area contributed by atoms with Gasteiger partial charge in [-0.1, -0.05) is 12.1 Å². The first-order chi connectivity index (χ1) is 23.1. The second-order valence-corrected chi connectivity index (χ2v) is 10.0. The van der Waals surface area contributed by atoms with E-state index in [0.29, 0.717) is 0 Å². The molecule has 0 spiro atoms. The van der Waals surface area contributed by atoms with Gasteiger partial charge in [-0.05, 0) is 43.4 Å². The predicted molar refractivity (Wildman–Crippen MR) is 154 cm³/mol. The van der Waals surface area contributed by atoms with Crippen molar-refractivity contribution in [3.05, 3.63) is 84.7 Å². The van der Waals surface area contributed by atoms with Crippen molar-refractivity contribution in [1.82, 2.24) is 29.2 Å². The molecule has 5 rings (SSSR count). The van der Waals surface area contributed by atoms with Gasteiger partial charge in [-0.2, -0.15) is 39.5 Å². The van der Waals surface area contributed by atoms with Crippen LogP contribution in [0.3, 0.4) is 0 Å². The molecule has 0 aromatic carbocycles. The number of carboxylic acids is 3. The van der Waals surface area contributed by atoms with E-state index in [1.165, 1.54) is 0 Å². The van der Waals surface area contributed by atoms with Crippen LogP contribution in [-0.4, -0.2) is 108 Å². The van der Waals surface area contributed by atoms with Crippen molar-refractivity contribution in [2.75, 3.05) is 26.7 Å². The summed E-state index contributed by atoms with van der Waals surface area (Å²) in [5.74, 6) is -8.27. The number of fused-ring (bicyclic) bond motifs is 1. The minimum atomic E-state index is -5.08. The third-order valence-electron chi connectivity index (χ3n) is 6.40. The number of aromatic nitrogens is 4. The Kier molecular flexibility index (Phi) is 14.2. The van der Waals surface area contributed by atoms with E-state index < -0.39 is 36.4 Å². The van der Waals surface area contributed by atoms with E-state index in [-0.39, 0.29) is 6.04 Å². The summed E-state index contributed by atoms with van der Waals surface area (Å²) in [6.07, 6.45) is -7.53. The van der Waals surface area contributed by atoms with Crippen LogP contribution in [0.4, 0.5) is 39.5 Å². The number of likely N-dealkylation sites (N-methyl/N-ethyl adjacent to an activating group) is 1. The highest BCUT2D eigenvalue weighted by Crippen LogP contribution is 2.27. The normalized spacial score (nSPS) is 15.4. The van der Waals surface area contributed by atoms with Gasteiger partial charge >= 0.3 is 36.4 Å². The lowest BCUT2D eigenvalue weighted by molar-refractivity contribution is -0.193. The SMILES string of the molecule is CN1CCN(Cc2ccccn2)CC1c1cn2c(-c3ccncc3)cccc2n1.O=C(O)C(F)(F)F.O=C(O)C(F)(F)F.O=C(O)C(F)(F)F. The average Bonchev–Trinajstić information content (AvgIpc) is 3.47. The Bertz CT molecular complexity index is 1640. The summed E-state index contributed by atoms with van der Waals surface area (Å²) >= 11 is 0. The summed E-state index contributed by atoms with van der Waals surface area (Å²) in [6.45, 7) is 3.88. The number of halogens is 9. The number of hydrogen-bond acceptors (Lipinski definition) is 8. The minimum Gasteiger partial charge on any atom is -0.475 e. The Balaban J connectivity index is 0.000000338. The summed E-state index contributed by atoms with van der Waals surface area (Å²) < 4.78 is 97.4. The van der Waals surface area contributed by atoms with Crippen LogP contribution in [0.25, 0.3) is 16.9 Å². The van der Waals surface area contributed by atoms with Gasteiger partial charge in [0.1, 0.15) is 5.65 Å². The standard InChI is InChI=1S/C23H24N6.3C2HF3O2/c1-27-13-14-28(15-19-5-2-3-10-25-19)17-22(27)20-16-29-21(6-4-7-23(29)26-20)18-8-11-24-12-9-18;3*3-2(4,5)1(6)7/h2-12,16,22H,13-15,17H2,1H3;3*(H,6,7). The van der Waals surface area contributed by atoms with Crippen molar-refractivity contribution in [2.45, 2.75) is 31.1 Å². The molecule has 21 heteroatoms. The van der Waals surface area contributed by atoms with E-state index in [9.17, 15) is 39.5 Å². The van der Waals surface area contributed by atoms with Crippen LogP contribution >= 0.6 is 0 Å². The number of rotatable bonds is 4. The van der Waals surface area contributed by atoms with Crippen molar-refractivity contribution in [3.63, 3.8) is 0 Å². The van der Waals surface area contributed by atoms with E-state index in [0.717, 1.165) is 54.5 Å². The number of hydrogen-bond donors (Lipinski definition) is 3. The minimum absolute atomic E-state index is 0.262. The lowest BCUT2D eigenvalue weighted by Crippen LogP contribution is -2.46. The van der Waals surface area contributed by atoms with Gasteiger partial charge in [0, 0.05) is 56.5 Å². The van der Waals surface area contributed by atoms with Crippen molar-refractivity contribution < 1.29 is 69.2 Å². The second kappa shape index (κ2) is 17.4. The molecule has 0 saturated carbocycles. The van der Waals surface area contributed by atoms with Crippen LogP contribution in [-0.2, 0) is 20.9 Å². The summed E-state index contributed by atoms with van der Waals surface area (Å²) in [5, 5.41) is 21.4. The molecule has 0 radical (unpaired) electrons. The Morgan fingerprint density at radius 2 is 1.30 bits per heavy atom. The molecule has 1 fully saturated rings. The maximum atomic E-state index is 10.6. The zero-order chi connectivity index (χ0) is 37.9. The number of piperazine rings is 1. The summed E-state index contributed by atoms with van der Waals surface area (Å²) in [5.41, 5.74) is 5.48. The molecule has 12 nitrogen and oxygen atoms in total. The Labute approximate surface area is 276 Å². The average molecular weight is 727 g/mol. The lowest BCUT2D eigenvalue weighted by atomic mass is 10.1. The molecule has 1 aliphatic heterocycles. The number of aliphatic carboxylic acids is 3. The van der Waals surface area contributed by atoms with Gasteiger partial charge in [0.25, 0.3) is 0 Å².